The molecule has 2 amide bonds. The SMILES string of the molecule is O=C(COc1ccccc1F)N1CCN(C(=O)c2ccco2)CC1. The summed E-state index contributed by atoms with van der Waals surface area (Å²) in [4.78, 5) is 27.5. The van der Waals surface area contributed by atoms with Gasteiger partial charge in [0.15, 0.2) is 23.9 Å². The van der Waals surface area contributed by atoms with Crippen LogP contribution < -0.4 is 4.74 Å². The zero-order valence-corrected chi connectivity index (χ0v) is 13.0. The minimum absolute atomic E-state index is 0.0532. The van der Waals surface area contributed by atoms with Gasteiger partial charge in [-0.15, -0.1) is 0 Å². The third-order valence-corrected chi connectivity index (χ3v) is 3.84. The Balaban J connectivity index is 1.48. The van der Waals surface area contributed by atoms with Crippen molar-refractivity contribution < 1.29 is 23.1 Å². The first-order chi connectivity index (χ1) is 11.6. The highest BCUT2D eigenvalue weighted by Crippen LogP contribution is 2.15. The van der Waals surface area contributed by atoms with Crippen molar-refractivity contribution >= 4 is 11.8 Å². The molecule has 1 aliphatic rings. The van der Waals surface area contributed by atoms with Crippen LogP contribution in [0.25, 0.3) is 0 Å². The number of amides is 2. The molecule has 0 radical (unpaired) electrons. The number of furan rings is 1. The third kappa shape index (κ3) is 3.56. The lowest BCUT2D eigenvalue weighted by atomic mass is 10.3. The summed E-state index contributed by atoms with van der Waals surface area (Å²) in [6.45, 7) is 1.43. The Morgan fingerprint density at radius 2 is 1.75 bits per heavy atom. The molecule has 1 aromatic carbocycles. The topological polar surface area (TPSA) is 63.0 Å². The van der Waals surface area contributed by atoms with Crippen molar-refractivity contribution in [3.63, 3.8) is 0 Å². The Labute approximate surface area is 138 Å². The van der Waals surface area contributed by atoms with Gasteiger partial charge in [0.25, 0.3) is 11.8 Å². The Kier molecular flexibility index (Phi) is 4.79. The molecular formula is C17H17FN2O4. The maximum atomic E-state index is 13.5. The lowest BCUT2D eigenvalue weighted by Gasteiger charge is -2.34. The van der Waals surface area contributed by atoms with E-state index in [4.69, 9.17) is 9.15 Å². The van der Waals surface area contributed by atoms with Crippen LogP contribution in [0.15, 0.2) is 47.1 Å². The zero-order chi connectivity index (χ0) is 16.9. The van der Waals surface area contributed by atoms with Crippen molar-refractivity contribution in [3.8, 4) is 5.75 Å². The molecular weight excluding hydrogens is 315 g/mol. The van der Waals surface area contributed by atoms with Gasteiger partial charge in [0.1, 0.15) is 0 Å². The summed E-state index contributed by atoms with van der Waals surface area (Å²) < 4.78 is 23.8. The van der Waals surface area contributed by atoms with Gasteiger partial charge in [-0.3, -0.25) is 9.59 Å². The Bertz CT molecular complexity index is 709. The van der Waals surface area contributed by atoms with Gasteiger partial charge in [-0.05, 0) is 24.3 Å². The maximum Gasteiger partial charge on any atom is 0.289 e. The van der Waals surface area contributed by atoms with Crippen LogP contribution in [0.1, 0.15) is 10.6 Å². The molecule has 1 aromatic heterocycles. The molecule has 1 fully saturated rings. The van der Waals surface area contributed by atoms with E-state index in [1.165, 1.54) is 18.4 Å². The fourth-order valence-corrected chi connectivity index (χ4v) is 2.51. The van der Waals surface area contributed by atoms with Crippen molar-refractivity contribution in [1.82, 2.24) is 9.80 Å². The van der Waals surface area contributed by atoms with Crippen molar-refractivity contribution in [3.05, 3.63) is 54.2 Å². The highest BCUT2D eigenvalue weighted by Gasteiger charge is 2.26. The Hall–Kier alpha value is -2.83. The lowest BCUT2D eigenvalue weighted by Crippen LogP contribution is -2.51. The number of rotatable bonds is 4. The van der Waals surface area contributed by atoms with Crippen LogP contribution in [-0.2, 0) is 4.79 Å². The van der Waals surface area contributed by atoms with Gasteiger partial charge in [-0.1, -0.05) is 12.1 Å². The molecule has 2 aromatic rings. The molecule has 0 saturated carbocycles. The predicted molar refractivity (Wildman–Crippen MR) is 83.1 cm³/mol. The van der Waals surface area contributed by atoms with Crippen LogP contribution in [0.3, 0.4) is 0 Å². The first-order valence-corrected chi connectivity index (χ1v) is 7.63. The van der Waals surface area contributed by atoms with Gasteiger partial charge in [-0.2, -0.15) is 0 Å². The van der Waals surface area contributed by atoms with E-state index in [9.17, 15) is 14.0 Å². The minimum Gasteiger partial charge on any atom is -0.481 e. The molecule has 0 N–H and O–H groups in total. The van der Waals surface area contributed by atoms with Crippen molar-refractivity contribution in [2.45, 2.75) is 0 Å². The summed E-state index contributed by atoms with van der Waals surface area (Å²) >= 11 is 0. The van der Waals surface area contributed by atoms with Crippen LogP contribution >= 0.6 is 0 Å². The van der Waals surface area contributed by atoms with Crippen LogP contribution in [0.5, 0.6) is 5.75 Å². The van der Waals surface area contributed by atoms with E-state index in [0.717, 1.165) is 0 Å². The molecule has 7 heteroatoms. The second-order valence-corrected chi connectivity index (χ2v) is 5.37. The number of nitrogens with zero attached hydrogens (tertiary/aromatic N) is 2. The smallest absolute Gasteiger partial charge is 0.289 e. The van der Waals surface area contributed by atoms with E-state index in [0.29, 0.717) is 26.2 Å². The number of carbonyl (C=O) groups excluding carboxylic acids is 2. The van der Waals surface area contributed by atoms with E-state index < -0.39 is 5.82 Å². The summed E-state index contributed by atoms with van der Waals surface area (Å²) in [6.07, 6.45) is 1.45. The van der Waals surface area contributed by atoms with Gasteiger partial charge in [0.05, 0.1) is 6.26 Å². The normalized spacial score (nSPS) is 14.5. The number of carbonyl (C=O) groups is 2. The number of para-hydroxylation sites is 1. The fourth-order valence-electron chi connectivity index (χ4n) is 2.51. The predicted octanol–water partition coefficient (Wildman–Crippen LogP) is 1.78. The number of ether oxygens (including phenoxy) is 1. The highest BCUT2D eigenvalue weighted by atomic mass is 19.1. The van der Waals surface area contributed by atoms with E-state index in [-0.39, 0.29) is 29.9 Å². The molecule has 3 rings (SSSR count). The van der Waals surface area contributed by atoms with Gasteiger partial charge < -0.3 is 19.0 Å². The van der Waals surface area contributed by atoms with E-state index in [2.05, 4.69) is 0 Å². The van der Waals surface area contributed by atoms with Crippen molar-refractivity contribution in [2.24, 2.45) is 0 Å². The monoisotopic (exact) mass is 332 g/mol. The van der Waals surface area contributed by atoms with Gasteiger partial charge in [0.2, 0.25) is 0 Å². The van der Waals surface area contributed by atoms with E-state index >= 15 is 0 Å². The number of hydrogen-bond acceptors (Lipinski definition) is 4. The standard InChI is InChI=1S/C17H17FN2O4/c18-13-4-1-2-5-14(13)24-12-16(21)19-7-9-20(10-8-19)17(22)15-6-3-11-23-15/h1-6,11H,7-10,12H2. The Morgan fingerprint density at radius 3 is 2.42 bits per heavy atom. The van der Waals surface area contributed by atoms with Gasteiger partial charge in [0, 0.05) is 26.2 Å². The van der Waals surface area contributed by atoms with Crippen LogP contribution in [-0.4, -0.2) is 54.4 Å². The largest absolute Gasteiger partial charge is 0.481 e. The van der Waals surface area contributed by atoms with Crippen molar-refractivity contribution in [1.29, 1.82) is 0 Å². The summed E-state index contributed by atoms with van der Waals surface area (Å²) in [7, 11) is 0. The zero-order valence-electron chi connectivity index (χ0n) is 13.0. The van der Waals surface area contributed by atoms with Gasteiger partial charge in [-0.25, -0.2) is 4.39 Å². The minimum atomic E-state index is -0.501. The third-order valence-electron chi connectivity index (χ3n) is 3.84. The quantitative estimate of drug-likeness (QED) is 0.856. The highest BCUT2D eigenvalue weighted by molar-refractivity contribution is 5.91. The number of benzene rings is 1. The fraction of sp³-hybridized carbons (Fsp3) is 0.294. The van der Waals surface area contributed by atoms with E-state index in [1.807, 2.05) is 0 Å². The number of piperazine rings is 1. The lowest BCUT2D eigenvalue weighted by molar-refractivity contribution is -0.134. The average Bonchev–Trinajstić information content (AvgIpc) is 3.15. The summed E-state index contributed by atoms with van der Waals surface area (Å²) in [5.41, 5.74) is 0. The summed E-state index contributed by atoms with van der Waals surface area (Å²) in [6, 6.07) is 9.22. The first kappa shape index (κ1) is 16.0. The van der Waals surface area contributed by atoms with Crippen LogP contribution in [0, 0.1) is 5.82 Å². The second kappa shape index (κ2) is 7.16. The molecule has 0 spiro atoms. The molecule has 1 saturated heterocycles. The molecule has 1 aliphatic heterocycles. The molecule has 126 valence electrons. The van der Waals surface area contributed by atoms with Crippen LogP contribution in [0.4, 0.5) is 4.39 Å². The Morgan fingerprint density at radius 1 is 1.04 bits per heavy atom. The first-order valence-electron chi connectivity index (χ1n) is 7.63. The van der Waals surface area contributed by atoms with Crippen molar-refractivity contribution in [2.75, 3.05) is 32.8 Å². The summed E-state index contributed by atoms with van der Waals surface area (Å²) in [5.74, 6) is -0.577. The summed E-state index contributed by atoms with van der Waals surface area (Å²) in [5, 5.41) is 0. The molecule has 6 nitrogen and oxygen atoms in total. The molecule has 0 aliphatic carbocycles. The molecule has 0 unspecified atom stereocenters. The average molecular weight is 332 g/mol. The van der Waals surface area contributed by atoms with Crippen LogP contribution in [0.2, 0.25) is 0 Å². The molecule has 24 heavy (non-hydrogen) atoms. The molecule has 2 heterocycles. The molecule has 0 bridgehead atoms. The number of halogens is 1. The number of hydrogen-bond donors (Lipinski definition) is 0. The van der Waals surface area contributed by atoms with E-state index in [1.54, 1.807) is 34.1 Å². The maximum absolute atomic E-state index is 13.5. The molecule has 0 atom stereocenters. The second-order valence-electron chi connectivity index (χ2n) is 5.37. The van der Waals surface area contributed by atoms with Gasteiger partial charge >= 0.3 is 0 Å².